The van der Waals surface area contributed by atoms with Gasteiger partial charge in [0.15, 0.2) is 11.0 Å². The molecule has 1 saturated carbocycles. The first-order valence-electron chi connectivity index (χ1n) is 14.7. The van der Waals surface area contributed by atoms with Crippen LogP contribution in [0, 0.1) is 5.92 Å². The first-order chi connectivity index (χ1) is 20.3. The van der Waals surface area contributed by atoms with Crippen LogP contribution in [-0.2, 0) is 20.8 Å². The third-order valence-corrected chi connectivity index (χ3v) is 9.39. The lowest BCUT2D eigenvalue weighted by atomic mass is 9.81. The molecule has 3 fully saturated rings. The van der Waals surface area contributed by atoms with Gasteiger partial charge in [0.1, 0.15) is 6.04 Å². The molecule has 11 nitrogen and oxygen atoms in total. The van der Waals surface area contributed by atoms with Crippen molar-refractivity contribution < 1.29 is 19.2 Å². The van der Waals surface area contributed by atoms with Crippen LogP contribution < -0.4 is 16.8 Å². The molecule has 5 atom stereocenters. The van der Waals surface area contributed by atoms with E-state index in [2.05, 4.69) is 15.3 Å². The second kappa shape index (κ2) is 13.5. The van der Waals surface area contributed by atoms with Crippen LogP contribution in [0.4, 0.5) is 0 Å². The highest BCUT2D eigenvalue weighted by molar-refractivity contribution is 7.11. The molecule has 3 heterocycles. The minimum absolute atomic E-state index is 0.0000211. The van der Waals surface area contributed by atoms with E-state index in [4.69, 9.17) is 11.5 Å². The number of Topliss-reactive ketones (excluding diaryl/α,β-unsaturated/α-hetero) is 1. The Hall–Kier alpha value is -3.80. The quantitative estimate of drug-likeness (QED) is 0.215. The van der Waals surface area contributed by atoms with Crippen LogP contribution >= 0.6 is 11.3 Å². The third-order valence-electron chi connectivity index (χ3n) is 8.61. The van der Waals surface area contributed by atoms with Crippen LogP contribution in [0.2, 0.25) is 0 Å². The van der Waals surface area contributed by atoms with Gasteiger partial charge in [0.25, 0.3) is 0 Å². The number of hydrogen-bond donors (Lipinski definition) is 3. The molecule has 1 aliphatic carbocycles. The number of piperazine rings is 1. The molecule has 2 aliphatic heterocycles. The van der Waals surface area contributed by atoms with E-state index >= 15 is 0 Å². The summed E-state index contributed by atoms with van der Waals surface area (Å²) in [7, 11) is 0. The highest BCUT2D eigenvalue weighted by atomic mass is 32.1. The molecule has 2 saturated heterocycles. The number of nitrogens with one attached hydrogen (secondary N) is 1. The fraction of sp³-hybridized carbons (Fsp3) is 0.533. The van der Waals surface area contributed by atoms with Crippen molar-refractivity contribution in [3.8, 4) is 0 Å². The number of guanidine groups is 1. The summed E-state index contributed by atoms with van der Waals surface area (Å²) >= 11 is 1.24. The van der Waals surface area contributed by atoms with E-state index in [0.717, 1.165) is 31.2 Å². The number of carbonyl (C=O) groups excluding carboxylic acids is 4. The van der Waals surface area contributed by atoms with Crippen molar-refractivity contribution in [2.24, 2.45) is 22.4 Å². The number of carbonyl (C=O) groups is 4. The Morgan fingerprint density at radius 1 is 1.12 bits per heavy atom. The van der Waals surface area contributed by atoms with Crippen molar-refractivity contribution in [3.63, 3.8) is 0 Å². The Bertz CT molecular complexity index is 1300. The van der Waals surface area contributed by atoms with Gasteiger partial charge < -0.3 is 26.6 Å². The zero-order valence-corrected chi connectivity index (χ0v) is 24.5. The molecule has 42 heavy (non-hydrogen) atoms. The summed E-state index contributed by atoms with van der Waals surface area (Å²) in [6.45, 7) is 0.377. The number of thiazole rings is 1. The topological polar surface area (TPSA) is 164 Å². The highest BCUT2D eigenvalue weighted by Crippen LogP contribution is 2.32. The van der Waals surface area contributed by atoms with Gasteiger partial charge in [-0.1, -0.05) is 43.2 Å². The van der Waals surface area contributed by atoms with Crippen molar-refractivity contribution in [2.75, 3.05) is 13.1 Å². The summed E-state index contributed by atoms with van der Waals surface area (Å²) in [6, 6.07) is 8.15. The Kier molecular flexibility index (Phi) is 9.51. The van der Waals surface area contributed by atoms with Crippen molar-refractivity contribution >= 4 is 40.8 Å². The number of nitrogens with two attached hydrogens (primary N) is 2. The fourth-order valence-electron chi connectivity index (χ4n) is 6.64. The molecule has 0 bridgehead atoms. The molecule has 12 heteroatoms. The van der Waals surface area contributed by atoms with Crippen LogP contribution in [0.3, 0.4) is 0 Å². The van der Waals surface area contributed by atoms with E-state index in [1.54, 1.807) is 21.4 Å². The van der Waals surface area contributed by atoms with Crippen LogP contribution in [0.15, 0.2) is 46.9 Å². The Balaban J connectivity index is 1.22. The van der Waals surface area contributed by atoms with Crippen molar-refractivity contribution in [1.82, 2.24) is 20.1 Å². The number of benzene rings is 1. The Morgan fingerprint density at radius 2 is 1.93 bits per heavy atom. The van der Waals surface area contributed by atoms with Gasteiger partial charge in [-0.25, -0.2) is 4.98 Å². The lowest BCUT2D eigenvalue weighted by molar-refractivity contribution is -0.151. The highest BCUT2D eigenvalue weighted by Gasteiger charge is 2.46. The predicted molar refractivity (Wildman–Crippen MR) is 160 cm³/mol. The summed E-state index contributed by atoms with van der Waals surface area (Å²) in [5.74, 6) is -0.627. The van der Waals surface area contributed by atoms with E-state index in [-0.39, 0.29) is 54.0 Å². The molecule has 3 aliphatic rings. The SMILES string of the molecule is NC(N)=NC1CCCC(CC(NC(=O)C2CCC3CN(C(=O)CCc4ccccc4)CC(=O)N32)C(=O)c2nccs2)C1. The van der Waals surface area contributed by atoms with E-state index in [1.807, 2.05) is 30.3 Å². The van der Waals surface area contributed by atoms with Crippen molar-refractivity contribution in [2.45, 2.75) is 82.0 Å². The van der Waals surface area contributed by atoms with Gasteiger partial charge in [-0.3, -0.25) is 24.2 Å². The molecule has 5 N–H and O–H groups in total. The predicted octanol–water partition coefficient (Wildman–Crippen LogP) is 1.87. The maximum absolute atomic E-state index is 13.6. The van der Waals surface area contributed by atoms with Gasteiger partial charge >= 0.3 is 0 Å². The summed E-state index contributed by atoms with van der Waals surface area (Å²) in [4.78, 5) is 65.1. The molecule has 0 radical (unpaired) electrons. The van der Waals surface area contributed by atoms with Crippen molar-refractivity contribution in [3.05, 3.63) is 52.5 Å². The fourth-order valence-corrected chi connectivity index (χ4v) is 7.27. The van der Waals surface area contributed by atoms with Crippen LogP contribution in [-0.4, -0.2) is 81.5 Å². The van der Waals surface area contributed by atoms with Crippen LogP contribution in [0.1, 0.15) is 66.7 Å². The van der Waals surface area contributed by atoms with Gasteiger partial charge in [0.05, 0.1) is 24.7 Å². The first kappa shape index (κ1) is 29.7. The van der Waals surface area contributed by atoms with Gasteiger partial charge in [0, 0.05) is 24.5 Å². The monoisotopic (exact) mass is 593 g/mol. The molecule has 3 amide bonds. The minimum atomic E-state index is -0.762. The van der Waals surface area contributed by atoms with E-state index < -0.39 is 12.1 Å². The third kappa shape index (κ3) is 7.15. The average Bonchev–Trinajstić information content (AvgIpc) is 3.67. The normalized spacial score (nSPS) is 24.5. The van der Waals surface area contributed by atoms with Gasteiger partial charge in [-0.2, -0.15) is 0 Å². The molecule has 5 unspecified atom stereocenters. The minimum Gasteiger partial charge on any atom is -0.370 e. The molecule has 1 aromatic heterocycles. The lowest BCUT2D eigenvalue weighted by Crippen LogP contribution is -2.60. The maximum atomic E-state index is 13.6. The molecule has 2 aromatic rings. The summed E-state index contributed by atoms with van der Waals surface area (Å²) < 4.78 is 0. The lowest BCUT2D eigenvalue weighted by Gasteiger charge is -2.39. The second-order valence-electron chi connectivity index (χ2n) is 11.5. The number of aliphatic imine (C=N–C) groups is 1. The summed E-state index contributed by atoms with van der Waals surface area (Å²) in [5.41, 5.74) is 12.3. The number of aromatic nitrogens is 1. The van der Waals surface area contributed by atoms with Crippen molar-refractivity contribution in [1.29, 1.82) is 0 Å². The molecule has 224 valence electrons. The second-order valence-corrected chi connectivity index (χ2v) is 12.4. The van der Waals surface area contributed by atoms with E-state index in [0.29, 0.717) is 43.7 Å². The van der Waals surface area contributed by atoms with Crippen LogP contribution in [0.25, 0.3) is 0 Å². The largest absolute Gasteiger partial charge is 0.370 e. The van der Waals surface area contributed by atoms with Gasteiger partial charge in [-0.15, -0.1) is 11.3 Å². The summed E-state index contributed by atoms with van der Waals surface area (Å²) in [6.07, 6.45) is 7.57. The molecular weight excluding hydrogens is 554 g/mol. The smallest absolute Gasteiger partial charge is 0.243 e. The van der Waals surface area contributed by atoms with E-state index in [9.17, 15) is 19.2 Å². The zero-order valence-electron chi connectivity index (χ0n) is 23.7. The van der Waals surface area contributed by atoms with E-state index in [1.165, 1.54) is 11.3 Å². The molecule has 0 spiro atoms. The number of hydrogen-bond acceptors (Lipinski definition) is 7. The van der Waals surface area contributed by atoms with Crippen LogP contribution in [0.5, 0.6) is 0 Å². The standard InChI is InChI=1S/C30H39N7O4S/c31-30(32)34-21-8-4-7-20(15-21)16-23(27(40)29-33-13-14-42-29)35-28(41)24-11-10-22-17-36(18-26(39)37(22)24)25(38)12-9-19-5-2-1-3-6-19/h1-3,5-6,13-14,20-24H,4,7-12,15-18H2,(H,35,41)(H4,31,32,34). The Labute approximate surface area is 249 Å². The first-order valence-corrected chi connectivity index (χ1v) is 15.6. The van der Waals surface area contributed by atoms with Gasteiger partial charge in [0.2, 0.25) is 23.5 Å². The molecular formula is C30H39N7O4S. The number of ketones is 1. The number of fused-ring (bicyclic) bond motifs is 1. The molecule has 5 rings (SSSR count). The summed E-state index contributed by atoms with van der Waals surface area (Å²) in [5, 5.41) is 5.08. The Morgan fingerprint density at radius 3 is 2.67 bits per heavy atom. The number of amides is 3. The number of aryl methyl sites for hydroxylation is 1. The number of rotatable bonds is 10. The number of nitrogens with zero attached hydrogens (tertiary/aromatic N) is 4. The maximum Gasteiger partial charge on any atom is 0.243 e. The molecule has 1 aromatic carbocycles. The zero-order chi connectivity index (χ0) is 29.6. The average molecular weight is 594 g/mol. The van der Waals surface area contributed by atoms with Gasteiger partial charge in [-0.05, 0) is 50.0 Å².